The average Bonchev–Trinajstić information content (AvgIpc) is 2.26. The predicted octanol–water partition coefficient (Wildman–Crippen LogP) is -0.108. The number of amides is 1. The second-order valence-corrected chi connectivity index (χ2v) is 2.91. The lowest BCUT2D eigenvalue weighted by molar-refractivity contribution is -0.112. The van der Waals surface area contributed by atoms with Gasteiger partial charge in [-0.25, -0.2) is 4.79 Å². The van der Waals surface area contributed by atoms with Crippen molar-refractivity contribution in [1.29, 1.82) is 0 Å². The summed E-state index contributed by atoms with van der Waals surface area (Å²) in [5.41, 5.74) is 11.5. The average molecular weight is 218 g/mol. The number of anilines is 1. The van der Waals surface area contributed by atoms with Crippen molar-refractivity contribution in [3.05, 3.63) is 29.3 Å². The molecule has 82 valence electrons. The molecule has 0 unspecified atom stereocenters. The Morgan fingerprint density at radius 1 is 1.38 bits per heavy atom. The van der Waals surface area contributed by atoms with Crippen molar-refractivity contribution in [2.75, 3.05) is 12.8 Å². The molecular formula is C11H10N2O3. The molecule has 0 aromatic heterocycles. The fourth-order valence-electron chi connectivity index (χ4n) is 1.05. The normalized spacial score (nSPS) is 8.81. The molecule has 0 aliphatic rings. The molecule has 1 amide bonds. The molecule has 1 aromatic rings. The Morgan fingerprint density at radius 2 is 2.06 bits per heavy atom. The lowest BCUT2D eigenvalue weighted by Gasteiger charge is -2.02. The first kappa shape index (κ1) is 11.6. The van der Waals surface area contributed by atoms with E-state index >= 15 is 0 Å². The van der Waals surface area contributed by atoms with Crippen molar-refractivity contribution >= 4 is 17.6 Å². The third kappa shape index (κ3) is 2.75. The van der Waals surface area contributed by atoms with Gasteiger partial charge in [-0.2, -0.15) is 0 Å². The van der Waals surface area contributed by atoms with Gasteiger partial charge in [0.05, 0.1) is 12.7 Å². The van der Waals surface area contributed by atoms with Gasteiger partial charge < -0.3 is 16.2 Å². The maximum Gasteiger partial charge on any atom is 0.337 e. The molecule has 0 aliphatic carbocycles. The summed E-state index contributed by atoms with van der Waals surface area (Å²) >= 11 is 0. The maximum absolute atomic E-state index is 11.2. The molecule has 0 heterocycles. The molecule has 0 radical (unpaired) electrons. The summed E-state index contributed by atoms with van der Waals surface area (Å²) in [7, 11) is 1.28. The topological polar surface area (TPSA) is 95.4 Å². The molecular weight excluding hydrogens is 208 g/mol. The quantitative estimate of drug-likeness (QED) is 0.390. The molecule has 0 bridgehead atoms. The highest BCUT2D eigenvalue weighted by molar-refractivity contribution is 5.93. The van der Waals surface area contributed by atoms with Crippen LogP contribution in [0.2, 0.25) is 0 Å². The van der Waals surface area contributed by atoms with Gasteiger partial charge in [-0.05, 0) is 18.2 Å². The number of carbonyl (C=O) groups excluding carboxylic acids is 2. The smallest absolute Gasteiger partial charge is 0.337 e. The highest BCUT2D eigenvalue weighted by atomic mass is 16.5. The van der Waals surface area contributed by atoms with Crippen molar-refractivity contribution < 1.29 is 14.3 Å². The standard InChI is InChI=1S/C11H10N2O3/c1-16-11(15)8-3-2-7(9(12)6-8)4-5-10(13)14/h2-3,6H,12H2,1H3,(H2,13,14). The molecule has 0 atom stereocenters. The van der Waals surface area contributed by atoms with E-state index in [1.165, 1.54) is 25.3 Å². The van der Waals surface area contributed by atoms with Crippen LogP contribution in [0, 0.1) is 11.8 Å². The number of hydrogen-bond donors (Lipinski definition) is 2. The molecule has 16 heavy (non-hydrogen) atoms. The minimum Gasteiger partial charge on any atom is -0.465 e. The van der Waals surface area contributed by atoms with E-state index in [1.807, 2.05) is 0 Å². The van der Waals surface area contributed by atoms with Crippen LogP contribution >= 0.6 is 0 Å². The fraction of sp³-hybridized carbons (Fsp3) is 0.0909. The van der Waals surface area contributed by atoms with Gasteiger partial charge in [-0.3, -0.25) is 4.79 Å². The third-order valence-corrected chi connectivity index (χ3v) is 1.79. The summed E-state index contributed by atoms with van der Waals surface area (Å²) in [6.45, 7) is 0. The lowest BCUT2D eigenvalue weighted by atomic mass is 10.1. The summed E-state index contributed by atoms with van der Waals surface area (Å²) < 4.78 is 4.52. The summed E-state index contributed by atoms with van der Waals surface area (Å²) in [6, 6.07) is 4.46. The van der Waals surface area contributed by atoms with Gasteiger partial charge in [-0.15, -0.1) is 0 Å². The van der Waals surface area contributed by atoms with E-state index in [1.54, 1.807) is 0 Å². The number of nitrogens with two attached hydrogens (primary N) is 2. The van der Waals surface area contributed by atoms with Crippen molar-refractivity contribution in [3.8, 4) is 11.8 Å². The molecule has 1 rings (SSSR count). The van der Waals surface area contributed by atoms with Crippen LogP contribution in [0.25, 0.3) is 0 Å². The number of esters is 1. The first-order chi connectivity index (χ1) is 7.54. The van der Waals surface area contributed by atoms with Crippen LogP contribution in [0.1, 0.15) is 15.9 Å². The van der Waals surface area contributed by atoms with Crippen LogP contribution in [0.3, 0.4) is 0 Å². The number of rotatable bonds is 1. The van der Waals surface area contributed by atoms with E-state index in [0.717, 1.165) is 0 Å². The van der Waals surface area contributed by atoms with Crippen molar-refractivity contribution in [2.45, 2.75) is 0 Å². The second-order valence-electron chi connectivity index (χ2n) is 2.91. The summed E-state index contributed by atoms with van der Waals surface area (Å²) in [5.74, 6) is 3.43. The Balaban J connectivity index is 3.06. The van der Waals surface area contributed by atoms with Crippen LogP contribution < -0.4 is 11.5 Å². The van der Waals surface area contributed by atoms with E-state index in [0.29, 0.717) is 11.1 Å². The molecule has 1 aromatic carbocycles. The highest BCUT2D eigenvalue weighted by Crippen LogP contribution is 2.13. The van der Waals surface area contributed by atoms with E-state index in [4.69, 9.17) is 11.5 Å². The lowest BCUT2D eigenvalue weighted by Crippen LogP contribution is -2.06. The summed E-state index contributed by atoms with van der Waals surface area (Å²) in [4.78, 5) is 21.6. The zero-order chi connectivity index (χ0) is 12.1. The SMILES string of the molecule is COC(=O)c1ccc(C#CC(N)=O)c(N)c1. The Kier molecular flexibility index (Phi) is 3.51. The molecule has 0 spiro atoms. The zero-order valence-corrected chi connectivity index (χ0v) is 8.61. The molecule has 0 saturated heterocycles. The first-order valence-corrected chi connectivity index (χ1v) is 4.34. The Bertz CT molecular complexity index is 498. The maximum atomic E-state index is 11.2. The van der Waals surface area contributed by atoms with Gasteiger partial charge in [0.15, 0.2) is 0 Å². The van der Waals surface area contributed by atoms with Crippen LogP contribution in [0.4, 0.5) is 5.69 Å². The van der Waals surface area contributed by atoms with Crippen molar-refractivity contribution in [3.63, 3.8) is 0 Å². The number of primary amides is 1. The van der Waals surface area contributed by atoms with Gasteiger partial charge in [-0.1, -0.05) is 5.92 Å². The predicted molar refractivity (Wildman–Crippen MR) is 58.3 cm³/mol. The molecule has 4 N–H and O–H groups in total. The zero-order valence-electron chi connectivity index (χ0n) is 8.61. The first-order valence-electron chi connectivity index (χ1n) is 4.34. The number of ether oxygens (including phenoxy) is 1. The van der Waals surface area contributed by atoms with Gasteiger partial charge in [0, 0.05) is 17.2 Å². The fourth-order valence-corrected chi connectivity index (χ4v) is 1.05. The third-order valence-electron chi connectivity index (χ3n) is 1.79. The largest absolute Gasteiger partial charge is 0.465 e. The molecule has 5 nitrogen and oxygen atoms in total. The Morgan fingerprint density at radius 3 is 2.56 bits per heavy atom. The van der Waals surface area contributed by atoms with Crippen LogP contribution in [-0.4, -0.2) is 19.0 Å². The Hall–Kier alpha value is -2.48. The van der Waals surface area contributed by atoms with Gasteiger partial charge >= 0.3 is 5.97 Å². The van der Waals surface area contributed by atoms with Crippen LogP contribution in [0.5, 0.6) is 0 Å². The molecule has 0 saturated carbocycles. The van der Waals surface area contributed by atoms with Crippen molar-refractivity contribution in [1.82, 2.24) is 0 Å². The molecule has 5 heteroatoms. The van der Waals surface area contributed by atoms with Crippen LogP contribution in [-0.2, 0) is 9.53 Å². The van der Waals surface area contributed by atoms with Gasteiger partial charge in [0.1, 0.15) is 0 Å². The number of nitrogen functional groups attached to an aromatic ring is 1. The van der Waals surface area contributed by atoms with E-state index in [2.05, 4.69) is 16.6 Å². The second kappa shape index (κ2) is 4.84. The Labute approximate surface area is 92.4 Å². The summed E-state index contributed by atoms with van der Waals surface area (Å²) in [6.07, 6.45) is 0. The van der Waals surface area contributed by atoms with Crippen LogP contribution in [0.15, 0.2) is 18.2 Å². The van der Waals surface area contributed by atoms with Crippen molar-refractivity contribution in [2.24, 2.45) is 5.73 Å². The summed E-state index contributed by atoms with van der Waals surface area (Å²) in [5, 5.41) is 0. The minimum atomic E-state index is -0.739. The molecule has 0 fully saturated rings. The monoisotopic (exact) mass is 218 g/mol. The number of methoxy groups -OCH3 is 1. The van der Waals surface area contributed by atoms with E-state index < -0.39 is 11.9 Å². The van der Waals surface area contributed by atoms with Gasteiger partial charge in [0.25, 0.3) is 5.91 Å². The van der Waals surface area contributed by atoms with Gasteiger partial charge in [0.2, 0.25) is 0 Å². The molecule has 0 aliphatic heterocycles. The minimum absolute atomic E-state index is 0.289. The van der Waals surface area contributed by atoms with E-state index in [9.17, 15) is 9.59 Å². The number of hydrogen-bond acceptors (Lipinski definition) is 4. The number of benzene rings is 1. The highest BCUT2D eigenvalue weighted by Gasteiger charge is 2.06. The number of carbonyl (C=O) groups is 2. The van der Waals surface area contributed by atoms with E-state index in [-0.39, 0.29) is 5.69 Å².